The molecule has 1 fully saturated rings. The van der Waals surface area contributed by atoms with Crippen molar-refractivity contribution in [3.8, 4) is 6.07 Å². The molecule has 1 amide bonds. The molecule has 1 saturated carbocycles. The summed E-state index contributed by atoms with van der Waals surface area (Å²) in [4.78, 5) is 14.3. The molecule has 0 unspecified atom stereocenters. The van der Waals surface area contributed by atoms with E-state index in [9.17, 15) is 10.1 Å². The van der Waals surface area contributed by atoms with Crippen LogP contribution in [-0.4, -0.2) is 29.9 Å². The summed E-state index contributed by atoms with van der Waals surface area (Å²) >= 11 is 0. The van der Waals surface area contributed by atoms with Crippen LogP contribution in [0.1, 0.15) is 65.2 Å². The Labute approximate surface area is 129 Å². The molecular weight excluding hydrogens is 262 g/mol. The molecule has 1 rings (SSSR count). The minimum absolute atomic E-state index is 0.206. The minimum atomic E-state index is -0.206. The highest BCUT2D eigenvalue weighted by molar-refractivity contribution is 5.97. The summed E-state index contributed by atoms with van der Waals surface area (Å²) in [6.07, 6.45) is 10.6. The van der Waals surface area contributed by atoms with E-state index in [1.807, 2.05) is 0 Å². The third-order valence-electron chi connectivity index (χ3n) is 3.96. The fourth-order valence-corrected chi connectivity index (χ4v) is 2.62. The molecule has 0 aromatic heterocycles. The van der Waals surface area contributed by atoms with Crippen LogP contribution in [0.3, 0.4) is 0 Å². The Morgan fingerprint density at radius 3 is 2.29 bits per heavy atom. The van der Waals surface area contributed by atoms with Gasteiger partial charge in [0.2, 0.25) is 0 Å². The fourth-order valence-electron chi connectivity index (χ4n) is 2.62. The van der Waals surface area contributed by atoms with Gasteiger partial charge in [-0.3, -0.25) is 4.79 Å². The van der Waals surface area contributed by atoms with E-state index in [0.29, 0.717) is 0 Å². The molecule has 0 aromatic rings. The molecule has 0 radical (unpaired) electrons. The summed E-state index contributed by atoms with van der Waals surface area (Å²) in [7, 11) is 0. The van der Waals surface area contributed by atoms with Gasteiger partial charge in [0.15, 0.2) is 0 Å². The normalized spacial score (nSPS) is 15.8. The number of hydrogen-bond donors (Lipinski definition) is 1. The zero-order valence-electron chi connectivity index (χ0n) is 13.5. The molecule has 4 nitrogen and oxygen atoms in total. The van der Waals surface area contributed by atoms with Crippen LogP contribution in [0.5, 0.6) is 0 Å². The summed E-state index contributed by atoms with van der Waals surface area (Å²) in [5, 5.41) is 12.3. The Kier molecular flexibility index (Phi) is 8.57. The number of carbonyl (C=O) groups excluding carboxylic acids is 1. The molecule has 0 bridgehead atoms. The molecule has 1 N–H and O–H groups in total. The van der Waals surface area contributed by atoms with Gasteiger partial charge in [-0.05, 0) is 25.7 Å². The lowest BCUT2D eigenvalue weighted by Crippen LogP contribution is -2.34. The SMILES string of the molecule is CCCCN(/C=C(/C#N)C(=O)NC1CCCC1)CCCC. The van der Waals surface area contributed by atoms with Gasteiger partial charge < -0.3 is 10.2 Å². The van der Waals surface area contributed by atoms with Gasteiger partial charge >= 0.3 is 0 Å². The largest absolute Gasteiger partial charge is 0.376 e. The van der Waals surface area contributed by atoms with Crippen LogP contribution in [-0.2, 0) is 4.79 Å². The van der Waals surface area contributed by atoms with Crippen LogP contribution in [0.2, 0.25) is 0 Å². The Morgan fingerprint density at radius 2 is 1.81 bits per heavy atom. The Morgan fingerprint density at radius 1 is 1.24 bits per heavy atom. The highest BCUT2D eigenvalue weighted by atomic mass is 16.1. The minimum Gasteiger partial charge on any atom is -0.376 e. The van der Waals surface area contributed by atoms with E-state index in [-0.39, 0.29) is 17.5 Å². The van der Waals surface area contributed by atoms with Gasteiger partial charge in [0.1, 0.15) is 11.6 Å². The van der Waals surface area contributed by atoms with Gasteiger partial charge in [-0.25, -0.2) is 0 Å². The molecule has 0 spiro atoms. The van der Waals surface area contributed by atoms with Crippen molar-refractivity contribution >= 4 is 5.91 Å². The lowest BCUT2D eigenvalue weighted by atomic mass is 10.2. The fraction of sp³-hybridized carbons (Fsp3) is 0.765. The number of carbonyl (C=O) groups is 1. The highest BCUT2D eigenvalue weighted by Crippen LogP contribution is 2.18. The van der Waals surface area contributed by atoms with Crippen LogP contribution in [0.4, 0.5) is 0 Å². The number of rotatable bonds is 9. The number of nitrogens with one attached hydrogen (secondary N) is 1. The molecular formula is C17H29N3O. The number of unbranched alkanes of at least 4 members (excludes halogenated alkanes) is 2. The molecule has 0 saturated heterocycles. The van der Waals surface area contributed by atoms with Crippen molar-refractivity contribution in [2.24, 2.45) is 0 Å². The predicted octanol–water partition coefficient (Wildman–Crippen LogP) is 3.35. The maximum Gasteiger partial charge on any atom is 0.263 e. The lowest BCUT2D eigenvalue weighted by molar-refractivity contribution is -0.117. The Balaban J connectivity index is 2.62. The summed E-state index contributed by atoms with van der Waals surface area (Å²) in [5.74, 6) is -0.206. The lowest BCUT2D eigenvalue weighted by Gasteiger charge is -2.21. The van der Waals surface area contributed by atoms with Gasteiger partial charge in [0, 0.05) is 25.3 Å². The average molecular weight is 291 g/mol. The van der Waals surface area contributed by atoms with Crippen LogP contribution < -0.4 is 5.32 Å². The zero-order valence-corrected chi connectivity index (χ0v) is 13.5. The second-order valence-corrected chi connectivity index (χ2v) is 5.85. The molecule has 0 aromatic carbocycles. The van der Waals surface area contributed by atoms with Crippen LogP contribution in [0.15, 0.2) is 11.8 Å². The Bertz CT molecular complexity index is 370. The maximum atomic E-state index is 12.2. The van der Waals surface area contributed by atoms with Crippen molar-refractivity contribution in [2.75, 3.05) is 13.1 Å². The quantitative estimate of drug-likeness (QED) is 0.523. The van der Waals surface area contributed by atoms with E-state index in [2.05, 4.69) is 30.1 Å². The van der Waals surface area contributed by atoms with Crippen LogP contribution in [0.25, 0.3) is 0 Å². The van der Waals surface area contributed by atoms with Crippen molar-refractivity contribution in [1.29, 1.82) is 5.26 Å². The molecule has 0 aliphatic heterocycles. The van der Waals surface area contributed by atoms with Gasteiger partial charge in [-0.1, -0.05) is 39.5 Å². The topological polar surface area (TPSA) is 56.1 Å². The second-order valence-electron chi connectivity index (χ2n) is 5.85. The van der Waals surface area contributed by atoms with Gasteiger partial charge in [-0.15, -0.1) is 0 Å². The molecule has 21 heavy (non-hydrogen) atoms. The third-order valence-corrected chi connectivity index (χ3v) is 3.96. The summed E-state index contributed by atoms with van der Waals surface area (Å²) in [6, 6.07) is 2.32. The number of hydrogen-bond acceptors (Lipinski definition) is 3. The average Bonchev–Trinajstić information content (AvgIpc) is 2.99. The van der Waals surface area contributed by atoms with E-state index in [0.717, 1.165) is 51.6 Å². The first-order chi connectivity index (χ1) is 10.2. The van der Waals surface area contributed by atoms with Crippen LogP contribution in [0, 0.1) is 11.3 Å². The van der Waals surface area contributed by atoms with Crippen molar-refractivity contribution < 1.29 is 4.79 Å². The second kappa shape index (κ2) is 10.3. The van der Waals surface area contributed by atoms with Crippen LogP contribution >= 0.6 is 0 Å². The molecule has 0 atom stereocenters. The van der Waals surface area contributed by atoms with Gasteiger partial charge in [-0.2, -0.15) is 5.26 Å². The van der Waals surface area contributed by atoms with Gasteiger partial charge in [0.05, 0.1) is 0 Å². The molecule has 118 valence electrons. The number of nitriles is 1. The van der Waals surface area contributed by atoms with Gasteiger partial charge in [0.25, 0.3) is 5.91 Å². The van der Waals surface area contributed by atoms with Crippen molar-refractivity contribution in [2.45, 2.75) is 71.3 Å². The van der Waals surface area contributed by atoms with Crippen molar-refractivity contribution in [3.63, 3.8) is 0 Å². The number of amides is 1. The maximum absolute atomic E-state index is 12.2. The zero-order chi connectivity index (χ0) is 15.5. The molecule has 0 heterocycles. The van der Waals surface area contributed by atoms with E-state index in [1.54, 1.807) is 6.20 Å². The molecule has 1 aliphatic carbocycles. The van der Waals surface area contributed by atoms with E-state index < -0.39 is 0 Å². The number of nitrogens with zero attached hydrogens (tertiary/aromatic N) is 2. The highest BCUT2D eigenvalue weighted by Gasteiger charge is 2.19. The van der Waals surface area contributed by atoms with E-state index >= 15 is 0 Å². The first-order valence-corrected chi connectivity index (χ1v) is 8.38. The standard InChI is InChI=1S/C17H29N3O/c1-3-5-11-20(12-6-4-2)14-15(13-18)17(21)19-16-9-7-8-10-16/h14,16H,3-12H2,1-2H3,(H,19,21)/b15-14-. The van der Waals surface area contributed by atoms with E-state index in [1.165, 1.54) is 12.8 Å². The molecule has 1 aliphatic rings. The molecule has 4 heteroatoms. The predicted molar refractivity (Wildman–Crippen MR) is 85.5 cm³/mol. The first kappa shape index (κ1) is 17.6. The summed E-state index contributed by atoms with van der Waals surface area (Å²) in [6.45, 7) is 6.14. The van der Waals surface area contributed by atoms with Crippen molar-refractivity contribution in [3.05, 3.63) is 11.8 Å². The summed E-state index contributed by atoms with van der Waals surface area (Å²) in [5.41, 5.74) is 0.245. The van der Waals surface area contributed by atoms with E-state index in [4.69, 9.17) is 0 Å². The first-order valence-electron chi connectivity index (χ1n) is 8.38. The third kappa shape index (κ3) is 6.66. The Hall–Kier alpha value is -1.50. The summed E-state index contributed by atoms with van der Waals surface area (Å²) < 4.78 is 0. The van der Waals surface area contributed by atoms with Crippen molar-refractivity contribution in [1.82, 2.24) is 10.2 Å². The monoisotopic (exact) mass is 291 g/mol. The smallest absolute Gasteiger partial charge is 0.263 e.